The van der Waals surface area contributed by atoms with Gasteiger partial charge in [0, 0.05) is 13.7 Å². The van der Waals surface area contributed by atoms with Crippen LogP contribution in [0.1, 0.15) is 12.8 Å². The van der Waals surface area contributed by atoms with Gasteiger partial charge in [0.2, 0.25) is 5.91 Å². The van der Waals surface area contributed by atoms with E-state index in [4.69, 9.17) is 4.74 Å². The molecule has 0 spiro atoms. The zero-order chi connectivity index (χ0) is 10.6. The largest absolute Gasteiger partial charge is 0.383 e. The average Bonchev–Trinajstić information content (AvgIpc) is 2.18. The number of rotatable bonds is 9. The lowest BCUT2D eigenvalue weighted by molar-refractivity contribution is -0.120. The third-order valence-corrected chi connectivity index (χ3v) is 1.68. The number of unbranched alkanes of at least 4 members (excludes halogenated alkanes) is 1. The highest BCUT2D eigenvalue weighted by Gasteiger charge is 1.97. The first-order chi connectivity index (χ1) is 6.81. The summed E-state index contributed by atoms with van der Waals surface area (Å²) in [6.45, 7) is 5.98. The zero-order valence-corrected chi connectivity index (χ0v) is 8.84. The lowest BCUT2D eigenvalue weighted by Gasteiger charge is -2.05. The van der Waals surface area contributed by atoms with Crippen LogP contribution in [0.4, 0.5) is 0 Å². The Bertz CT molecular complexity index is 160. The maximum absolute atomic E-state index is 11.1. The maximum Gasteiger partial charge on any atom is 0.234 e. The van der Waals surface area contributed by atoms with Crippen LogP contribution in [0, 0.1) is 0 Å². The topological polar surface area (TPSA) is 50.4 Å². The number of nitrogens with one attached hydrogen (secondary N) is 2. The summed E-state index contributed by atoms with van der Waals surface area (Å²) in [4.78, 5) is 11.1. The number of ether oxygens (including phenoxy) is 1. The van der Waals surface area contributed by atoms with Gasteiger partial charge in [-0.2, -0.15) is 0 Å². The number of methoxy groups -OCH3 is 1. The van der Waals surface area contributed by atoms with Crippen LogP contribution in [0.15, 0.2) is 12.7 Å². The molecule has 4 heteroatoms. The summed E-state index contributed by atoms with van der Waals surface area (Å²) in [6.07, 6.45) is 3.88. The SMILES string of the molecule is C=CCCCNCC(=O)NCCOC. The van der Waals surface area contributed by atoms with Gasteiger partial charge in [0.1, 0.15) is 0 Å². The highest BCUT2D eigenvalue weighted by Crippen LogP contribution is 1.85. The van der Waals surface area contributed by atoms with E-state index < -0.39 is 0 Å². The minimum absolute atomic E-state index is 0.0145. The van der Waals surface area contributed by atoms with Gasteiger partial charge in [-0.25, -0.2) is 0 Å². The van der Waals surface area contributed by atoms with Crippen molar-refractivity contribution in [3.63, 3.8) is 0 Å². The molecule has 0 aromatic carbocycles. The van der Waals surface area contributed by atoms with Crippen molar-refractivity contribution in [2.45, 2.75) is 12.8 Å². The second-order valence-electron chi connectivity index (χ2n) is 2.95. The molecule has 0 aromatic heterocycles. The van der Waals surface area contributed by atoms with Crippen LogP contribution in [-0.2, 0) is 9.53 Å². The van der Waals surface area contributed by atoms with Crippen molar-refractivity contribution in [2.24, 2.45) is 0 Å². The molecule has 0 heterocycles. The van der Waals surface area contributed by atoms with Gasteiger partial charge < -0.3 is 15.4 Å². The van der Waals surface area contributed by atoms with E-state index >= 15 is 0 Å². The molecule has 4 nitrogen and oxygen atoms in total. The molecule has 1 amide bonds. The molecule has 0 aliphatic heterocycles. The first-order valence-corrected chi connectivity index (χ1v) is 4.88. The van der Waals surface area contributed by atoms with Crippen LogP contribution in [0.25, 0.3) is 0 Å². The van der Waals surface area contributed by atoms with Crippen molar-refractivity contribution < 1.29 is 9.53 Å². The maximum atomic E-state index is 11.1. The van der Waals surface area contributed by atoms with E-state index in [-0.39, 0.29) is 5.91 Å². The van der Waals surface area contributed by atoms with E-state index in [2.05, 4.69) is 17.2 Å². The predicted molar refractivity (Wildman–Crippen MR) is 57.2 cm³/mol. The standard InChI is InChI=1S/C10H20N2O2/c1-3-4-5-6-11-9-10(13)12-7-8-14-2/h3,11H,1,4-9H2,2H3,(H,12,13). The van der Waals surface area contributed by atoms with Crippen LogP contribution in [-0.4, -0.2) is 39.3 Å². The Labute approximate surface area is 85.7 Å². The predicted octanol–water partition coefficient (Wildman–Crippen LogP) is 0.305. The zero-order valence-electron chi connectivity index (χ0n) is 8.84. The Morgan fingerprint density at radius 2 is 2.29 bits per heavy atom. The molecule has 0 rings (SSSR count). The fourth-order valence-corrected chi connectivity index (χ4v) is 0.928. The first-order valence-electron chi connectivity index (χ1n) is 4.88. The molecule has 2 N–H and O–H groups in total. The smallest absolute Gasteiger partial charge is 0.234 e. The van der Waals surface area contributed by atoms with Crippen molar-refractivity contribution in [1.29, 1.82) is 0 Å². The molecule has 0 atom stereocenters. The van der Waals surface area contributed by atoms with Crippen molar-refractivity contribution in [1.82, 2.24) is 10.6 Å². The second kappa shape index (κ2) is 10.2. The summed E-state index contributed by atoms with van der Waals surface area (Å²) in [7, 11) is 1.61. The van der Waals surface area contributed by atoms with E-state index in [1.165, 1.54) is 0 Å². The van der Waals surface area contributed by atoms with Gasteiger partial charge in [-0.3, -0.25) is 4.79 Å². The van der Waals surface area contributed by atoms with E-state index in [1.807, 2.05) is 6.08 Å². The van der Waals surface area contributed by atoms with Crippen LogP contribution in [0.3, 0.4) is 0 Å². The Hall–Kier alpha value is -0.870. The molecule has 14 heavy (non-hydrogen) atoms. The van der Waals surface area contributed by atoms with E-state index in [0.29, 0.717) is 19.7 Å². The Morgan fingerprint density at radius 1 is 1.50 bits per heavy atom. The molecular weight excluding hydrogens is 180 g/mol. The summed E-state index contributed by atoms with van der Waals surface area (Å²) in [6, 6.07) is 0. The quantitative estimate of drug-likeness (QED) is 0.416. The third kappa shape index (κ3) is 9.22. The summed E-state index contributed by atoms with van der Waals surface area (Å²) in [5.74, 6) is 0.0145. The number of allylic oxidation sites excluding steroid dienone is 1. The molecule has 0 saturated heterocycles. The summed E-state index contributed by atoms with van der Waals surface area (Å²) >= 11 is 0. The lowest BCUT2D eigenvalue weighted by atomic mass is 10.3. The number of carbonyl (C=O) groups is 1. The summed E-state index contributed by atoms with van der Waals surface area (Å²) in [5.41, 5.74) is 0. The molecule has 0 bridgehead atoms. The average molecular weight is 200 g/mol. The molecular formula is C10H20N2O2. The molecule has 0 aliphatic carbocycles. The van der Waals surface area contributed by atoms with Gasteiger partial charge >= 0.3 is 0 Å². The molecule has 0 unspecified atom stereocenters. The summed E-state index contributed by atoms with van der Waals surface area (Å²) < 4.78 is 4.80. The fourth-order valence-electron chi connectivity index (χ4n) is 0.928. The van der Waals surface area contributed by atoms with Crippen molar-refractivity contribution in [3.8, 4) is 0 Å². The lowest BCUT2D eigenvalue weighted by Crippen LogP contribution is -2.35. The number of amides is 1. The summed E-state index contributed by atoms with van der Waals surface area (Å²) in [5, 5.41) is 5.77. The first kappa shape index (κ1) is 13.1. The van der Waals surface area contributed by atoms with Gasteiger partial charge in [0.05, 0.1) is 13.2 Å². The number of hydrogen-bond acceptors (Lipinski definition) is 3. The van der Waals surface area contributed by atoms with Gasteiger partial charge in [0.25, 0.3) is 0 Å². The third-order valence-electron chi connectivity index (χ3n) is 1.68. The van der Waals surface area contributed by atoms with Gasteiger partial charge in [0.15, 0.2) is 0 Å². The highest BCUT2D eigenvalue weighted by atomic mass is 16.5. The van der Waals surface area contributed by atoms with Crippen LogP contribution >= 0.6 is 0 Å². The minimum atomic E-state index is 0.0145. The Balaban J connectivity index is 3.14. The van der Waals surface area contributed by atoms with Gasteiger partial charge in [-0.1, -0.05) is 6.08 Å². The van der Waals surface area contributed by atoms with Crippen LogP contribution in [0.5, 0.6) is 0 Å². The molecule has 0 aliphatic rings. The molecule has 82 valence electrons. The van der Waals surface area contributed by atoms with E-state index in [1.54, 1.807) is 7.11 Å². The second-order valence-corrected chi connectivity index (χ2v) is 2.95. The number of carbonyl (C=O) groups excluding carboxylic acids is 1. The van der Waals surface area contributed by atoms with Crippen LogP contribution < -0.4 is 10.6 Å². The Kier molecular flexibility index (Phi) is 9.58. The molecule has 0 saturated carbocycles. The van der Waals surface area contributed by atoms with Crippen molar-refractivity contribution in [3.05, 3.63) is 12.7 Å². The molecule has 0 radical (unpaired) electrons. The van der Waals surface area contributed by atoms with Gasteiger partial charge in [-0.05, 0) is 19.4 Å². The number of hydrogen-bond donors (Lipinski definition) is 2. The van der Waals surface area contributed by atoms with Crippen molar-refractivity contribution in [2.75, 3.05) is 33.4 Å². The van der Waals surface area contributed by atoms with Gasteiger partial charge in [-0.15, -0.1) is 6.58 Å². The highest BCUT2D eigenvalue weighted by molar-refractivity contribution is 5.77. The van der Waals surface area contributed by atoms with E-state index in [0.717, 1.165) is 19.4 Å². The van der Waals surface area contributed by atoms with Crippen molar-refractivity contribution >= 4 is 5.91 Å². The van der Waals surface area contributed by atoms with Crippen LogP contribution in [0.2, 0.25) is 0 Å². The van der Waals surface area contributed by atoms with E-state index in [9.17, 15) is 4.79 Å². The fraction of sp³-hybridized carbons (Fsp3) is 0.700. The molecule has 0 aromatic rings. The minimum Gasteiger partial charge on any atom is -0.383 e. The monoisotopic (exact) mass is 200 g/mol. The normalized spacial score (nSPS) is 9.79. The molecule has 0 fully saturated rings. The Morgan fingerprint density at radius 3 is 2.93 bits per heavy atom.